The highest BCUT2D eigenvalue weighted by atomic mass is 127. The monoisotopic (exact) mass is 551 g/mol. The molecule has 0 heterocycles. The summed E-state index contributed by atoms with van der Waals surface area (Å²) in [5.41, 5.74) is 4.54. The number of benzene rings is 2. The van der Waals surface area contributed by atoms with Gasteiger partial charge in [0.05, 0.1) is 26.4 Å². The first-order chi connectivity index (χ1) is 13.4. The van der Waals surface area contributed by atoms with E-state index in [-0.39, 0.29) is 0 Å². The van der Waals surface area contributed by atoms with Crippen molar-refractivity contribution in [3.8, 4) is 11.5 Å². The van der Waals surface area contributed by atoms with Crippen LogP contribution in [0, 0.1) is 3.57 Å². The maximum absolute atomic E-state index is 6.07. The van der Waals surface area contributed by atoms with E-state index in [1.807, 2.05) is 32.0 Å². The average Bonchev–Trinajstić information content (AvgIpc) is 2.64. The first-order valence-electron chi connectivity index (χ1n) is 8.54. The zero-order valence-electron chi connectivity index (χ0n) is 15.4. The van der Waals surface area contributed by atoms with E-state index in [1.165, 1.54) is 0 Å². The molecule has 0 aliphatic rings. The summed E-state index contributed by atoms with van der Waals surface area (Å²) >= 11 is 19.3. The molecule has 9 heteroatoms. The highest BCUT2D eigenvalue weighted by molar-refractivity contribution is 14.1. The van der Waals surface area contributed by atoms with Gasteiger partial charge in [-0.1, -0.05) is 29.3 Å². The SMILES string of the molecule is CCNC(=S)N/N=C\c1cc(I)c(OCc2ccc(Cl)c(Cl)c2)c(OCC)c1. The summed E-state index contributed by atoms with van der Waals surface area (Å²) in [6, 6.07) is 9.24. The Labute approximate surface area is 193 Å². The minimum absolute atomic E-state index is 0.346. The number of nitrogens with zero attached hydrogens (tertiary/aromatic N) is 1. The number of hydrazone groups is 1. The second-order valence-corrected chi connectivity index (χ2v) is 7.91. The van der Waals surface area contributed by atoms with E-state index >= 15 is 0 Å². The molecule has 2 rings (SSSR count). The number of ether oxygens (including phenoxy) is 2. The van der Waals surface area contributed by atoms with Crippen LogP contribution in [0.4, 0.5) is 0 Å². The summed E-state index contributed by atoms with van der Waals surface area (Å²) in [5.74, 6) is 1.31. The third kappa shape index (κ3) is 6.95. The highest BCUT2D eigenvalue weighted by Gasteiger charge is 2.12. The standard InChI is InChI=1S/C19H20Cl2IN3O2S/c1-3-23-19(28)25-24-10-13-8-16(22)18(17(9-13)26-4-2)27-11-12-5-6-14(20)15(21)7-12/h5-10H,3-4,11H2,1-2H3,(H2,23,25,28)/b24-10-. The average molecular weight is 552 g/mol. The molecule has 0 bridgehead atoms. The normalized spacial score (nSPS) is 10.8. The van der Waals surface area contributed by atoms with Crippen LogP contribution in [0.15, 0.2) is 35.4 Å². The molecule has 28 heavy (non-hydrogen) atoms. The Hall–Kier alpha value is -1.29. The molecule has 2 N–H and O–H groups in total. The lowest BCUT2D eigenvalue weighted by atomic mass is 10.2. The van der Waals surface area contributed by atoms with Crippen molar-refractivity contribution in [2.75, 3.05) is 13.2 Å². The van der Waals surface area contributed by atoms with Crippen LogP contribution in [0.3, 0.4) is 0 Å². The minimum Gasteiger partial charge on any atom is -0.490 e. The molecule has 0 amide bonds. The van der Waals surface area contributed by atoms with Crippen molar-refractivity contribution in [1.82, 2.24) is 10.7 Å². The van der Waals surface area contributed by atoms with Crippen molar-refractivity contribution >= 4 is 69.3 Å². The first kappa shape index (κ1) is 23.0. The Bertz CT molecular complexity index is 865. The van der Waals surface area contributed by atoms with Gasteiger partial charge in [0.1, 0.15) is 6.61 Å². The van der Waals surface area contributed by atoms with E-state index in [4.69, 9.17) is 44.9 Å². The zero-order valence-corrected chi connectivity index (χ0v) is 19.9. The first-order valence-corrected chi connectivity index (χ1v) is 10.8. The van der Waals surface area contributed by atoms with Crippen LogP contribution in [0.5, 0.6) is 11.5 Å². The Morgan fingerprint density at radius 1 is 1.18 bits per heavy atom. The third-order valence-corrected chi connectivity index (χ3v) is 5.19. The van der Waals surface area contributed by atoms with Gasteiger partial charge in [0.15, 0.2) is 16.6 Å². The van der Waals surface area contributed by atoms with Crippen molar-refractivity contribution in [2.24, 2.45) is 5.10 Å². The number of halogens is 3. The van der Waals surface area contributed by atoms with E-state index < -0.39 is 0 Å². The van der Waals surface area contributed by atoms with E-state index in [0.29, 0.717) is 39.9 Å². The van der Waals surface area contributed by atoms with Gasteiger partial charge in [-0.25, -0.2) is 0 Å². The Morgan fingerprint density at radius 2 is 1.96 bits per heavy atom. The van der Waals surface area contributed by atoms with Crippen molar-refractivity contribution in [2.45, 2.75) is 20.5 Å². The maximum Gasteiger partial charge on any atom is 0.186 e. The molecular weight excluding hydrogens is 532 g/mol. The van der Waals surface area contributed by atoms with Crippen molar-refractivity contribution < 1.29 is 9.47 Å². The molecule has 0 spiro atoms. The molecule has 2 aromatic carbocycles. The zero-order chi connectivity index (χ0) is 20.5. The van der Waals surface area contributed by atoms with Gasteiger partial charge in [0.2, 0.25) is 0 Å². The van der Waals surface area contributed by atoms with Crippen LogP contribution in [-0.4, -0.2) is 24.5 Å². The second kappa shape index (κ2) is 11.6. The van der Waals surface area contributed by atoms with Crippen molar-refractivity contribution in [3.63, 3.8) is 0 Å². The fraction of sp³-hybridized carbons (Fsp3) is 0.263. The quantitative estimate of drug-likeness (QED) is 0.199. The molecule has 0 fully saturated rings. The fourth-order valence-corrected chi connectivity index (χ4v) is 3.51. The molecule has 0 radical (unpaired) electrons. The molecule has 150 valence electrons. The fourth-order valence-electron chi connectivity index (χ4n) is 2.22. The summed E-state index contributed by atoms with van der Waals surface area (Å²) < 4.78 is 12.7. The van der Waals surface area contributed by atoms with Gasteiger partial charge in [-0.05, 0) is 84.0 Å². The molecule has 0 aliphatic heterocycles. The number of hydrogen-bond donors (Lipinski definition) is 2. The Kier molecular flexibility index (Phi) is 9.57. The number of hydrogen-bond acceptors (Lipinski definition) is 4. The van der Waals surface area contributed by atoms with Gasteiger partial charge in [-0.2, -0.15) is 5.10 Å². The number of rotatable bonds is 8. The van der Waals surface area contributed by atoms with Gasteiger partial charge in [0.25, 0.3) is 0 Å². The van der Waals surface area contributed by atoms with E-state index in [1.54, 1.807) is 18.3 Å². The smallest absolute Gasteiger partial charge is 0.186 e. The van der Waals surface area contributed by atoms with E-state index in [0.717, 1.165) is 21.2 Å². The van der Waals surface area contributed by atoms with E-state index in [2.05, 4.69) is 38.4 Å². The number of thiocarbonyl (C=S) groups is 1. The van der Waals surface area contributed by atoms with Crippen LogP contribution in [0.25, 0.3) is 0 Å². The summed E-state index contributed by atoms with van der Waals surface area (Å²) in [4.78, 5) is 0. The van der Waals surface area contributed by atoms with Crippen molar-refractivity contribution in [1.29, 1.82) is 0 Å². The number of nitrogens with one attached hydrogen (secondary N) is 2. The van der Waals surface area contributed by atoms with Crippen LogP contribution in [0.2, 0.25) is 10.0 Å². The minimum atomic E-state index is 0.346. The largest absolute Gasteiger partial charge is 0.490 e. The molecule has 0 unspecified atom stereocenters. The summed E-state index contributed by atoms with van der Waals surface area (Å²) in [7, 11) is 0. The molecule has 5 nitrogen and oxygen atoms in total. The summed E-state index contributed by atoms with van der Waals surface area (Å²) in [6.45, 7) is 5.48. The van der Waals surface area contributed by atoms with Crippen LogP contribution in [0.1, 0.15) is 25.0 Å². The molecule has 2 aromatic rings. The molecule has 0 atom stereocenters. The summed E-state index contributed by atoms with van der Waals surface area (Å²) in [5, 5.41) is 8.59. The van der Waals surface area contributed by atoms with Crippen LogP contribution in [-0.2, 0) is 6.61 Å². The maximum atomic E-state index is 6.07. The predicted octanol–water partition coefficient (Wildman–Crippen LogP) is 5.39. The topological polar surface area (TPSA) is 54.9 Å². The molecule has 0 aromatic heterocycles. The molecule has 0 aliphatic carbocycles. The third-order valence-electron chi connectivity index (χ3n) is 3.42. The van der Waals surface area contributed by atoms with Crippen LogP contribution < -0.4 is 20.2 Å². The predicted molar refractivity (Wildman–Crippen MR) is 128 cm³/mol. The van der Waals surface area contributed by atoms with Gasteiger partial charge >= 0.3 is 0 Å². The molecular formula is C19H20Cl2IN3O2S. The van der Waals surface area contributed by atoms with E-state index in [9.17, 15) is 0 Å². The lowest BCUT2D eigenvalue weighted by Gasteiger charge is -2.15. The van der Waals surface area contributed by atoms with Gasteiger partial charge in [0, 0.05) is 6.54 Å². The van der Waals surface area contributed by atoms with Gasteiger partial charge < -0.3 is 14.8 Å². The van der Waals surface area contributed by atoms with Crippen LogP contribution >= 0.6 is 58.0 Å². The second-order valence-electron chi connectivity index (χ2n) is 5.53. The highest BCUT2D eigenvalue weighted by Crippen LogP contribution is 2.35. The molecule has 0 saturated carbocycles. The lowest BCUT2D eigenvalue weighted by molar-refractivity contribution is 0.267. The summed E-state index contributed by atoms with van der Waals surface area (Å²) in [6.07, 6.45) is 1.68. The Morgan fingerprint density at radius 3 is 2.64 bits per heavy atom. The van der Waals surface area contributed by atoms with Gasteiger partial charge in [-0.15, -0.1) is 0 Å². The lowest BCUT2D eigenvalue weighted by Crippen LogP contribution is -2.31. The van der Waals surface area contributed by atoms with Gasteiger partial charge in [-0.3, -0.25) is 5.43 Å². The Balaban J connectivity index is 2.16. The molecule has 0 saturated heterocycles. The van der Waals surface area contributed by atoms with Crippen molar-refractivity contribution in [3.05, 3.63) is 55.1 Å².